The summed E-state index contributed by atoms with van der Waals surface area (Å²) < 4.78 is 10.8. The number of H-pyrrole nitrogens is 1. The van der Waals surface area contributed by atoms with E-state index in [9.17, 15) is 0 Å². The Kier molecular flexibility index (Phi) is 3.71. The molecule has 1 aliphatic heterocycles. The molecule has 0 saturated carbocycles. The second-order valence-electron chi connectivity index (χ2n) is 4.93. The van der Waals surface area contributed by atoms with Gasteiger partial charge in [0.15, 0.2) is 0 Å². The van der Waals surface area contributed by atoms with Gasteiger partial charge < -0.3 is 14.5 Å². The SMILES string of the molecule is COc1ccc2[nH]cc(CCNC3CCCO3)c2c1. The van der Waals surface area contributed by atoms with Crippen LogP contribution in [0.1, 0.15) is 18.4 Å². The van der Waals surface area contributed by atoms with Crippen LogP contribution in [0, 0.1) is 0 Å². The molecule has 2 aromatic rings. The first-order chi connectivity index (χ1) is 9.36. The predicted octanol–water partition coefficient (Wildman–Crippen LogP) is 2.45. The molecule has 1 unspecified atom stereocenters. The van der Waals surface area contributed by atoms with Crippen molar-refractivity contribution in [3.05, 3.63) is 30.0 Å². The van der Waals surface area contributed by atoms with Crippen LogP contribution in [0.15, 0.2) is 24.4 Å². The zero-order chi connectivity index (χ0) is 13.1. The molecule has 19 heavy (non-hydrogen) atoms. The molecule has 0 bridgehead atoms. The third-order valence-corrected chi connectivity index (χ3v) is 3.67. The van der Waals surface area contributed by atoms with Crippen LogP contribution in [0.5, 0.6) is 5.75 Å². The van der Waals surface area contributed by atoms with E-state index < -0.39 is 0 Å². The topological polar surface area (TPSA) is 46.3 Å². The number of aromatic amines is 1. The molecule has 2 heterocycles. The third kappa shape index (κ3) is 2.74. The van der Waals surface area contributed by atoms with Gasteiger partial charge in [0.2, 0.25) is 0 Å². The number of nitrogens with one attached hydrogen (secondary N) is 2. The number of rotatable bonds is 5. The van der Waals surface area contributed by atoms with Gasteiger partial charge in [-0.05, 0) is 43.0 Å². The summed E-state index contributed by atoms with van der Waals surface area (Å²) in [5, 5.41) is 4.69. The van der Waals surface area contributed by atoms with Crippen molar-refractivity contribution < 1.29 is 9.47 Å². The van der Waals surface area contributed by atoms with Gasteiger partial charge in [-0.3, -0.25) is 5.32 Å². The van der Waals surface area contributed by atoms with Gasteiger partial charge in [0.05, 0.1) is 7.11 Å². The van der Waals surface area contributed by atoms with E-state index in [0.29, 0.717) is 0 Å². The maximum Gasteiger partial charge on any atom is 0.119 e. The molecule has 1 aromatic carbocycles. The molecule has 1 fully saturated rings. The van der Waals surface area contributed by atoms with Crippen LogP contribution >= 0.6 is 0 Å². The summed E-state index contributed by atoms with van der Waals surface area (Å²) >= 11 is 0. The Labute approximate surface area is 113 Å². The van der Waals surface area contributed by atoms with Crippen LogP contribution in [0.3, 0.4) is 0 Å². The van der Waals surface area contributed by atoms with Crippen LogP contribution in [-0.4, -0.2) is 31.5 Å². The van der Waals surface area contributed by atoms with Gasteiger partial charge in [0, 0.05) is 30.3 Å². The molecule has 4 nitrogen and oxygen atoms in total. The Balaban J connectivity index is 1.66. The Morgan fingerprint density at radius 1 is 1.47 bits per heavy atom. The van der Waals surface area contributed by atoms with Crippen molar-refractivity contribution in [3.8, 4) is 5.75 Å². The summed E-state index contributed by atoms with van der Waals surface area (Å²) in [6.45, 7) is 1.83. The lowest BCUT2D eigenvalue weighted by atomic mass is 10.1. The first-order valence-electron chi connectivity index (χ1n) is 6.86. The fourth-order valence-corrected chi connectivity index (χ4v) is 2.60. The summed E-state index contributed by atoms with van der Waals surface area (Å²) in [4.78, 5) is 3.30. The fourth-order valence-electron chi connectivity index (χ4n) is 2.60. The van der Waals surface area contributed by atoms with Gasteiger partial charge in [-0.15, -0.1) is 0 Å². The number of methoxy groups -OCH3 is 1. The third-order valence-electron chi connectivity index (χ3n) is 3.67. The maximum absolute atomic E-state index is 5.56. The normalized spacial score (nSPS) is 19.1. The van der Waals surface area contributed by atoms with Crippen LogP contribution in [0.25, 0.3) is 10.9 Å². The van der Waals surface area contributed by atoms with Crippen molar-refractivity contribution >= 4 is 10.9 Å². The second-order valence-corrected chi connectivity index (χ2v) is 4.93. The molecule has 4 heteroatoms. The molecule has 1 aliphatic rings. The molecular weight excluding hydrogens is 240 g/mol. The highest BCUT2D eigenvalue weighted by Gasteiger charge is 2.14. The van der Waals surface area contributed by atoms with E-state index in [1.807, 2.05) is 6.07 Å². The van der Waals surface area contributed by atoms with E-state index in [4.69, 9.17) is 9.47 Å². The molecule has 1 atom stereocenters. The van der Waals surface area contributed by atoms with Crippen LogP contribution in [-0.2, 0) is 11.2 Å². The first kappa shape index (κ1) is 12.5. The van der Waals surface area contributed by atoms with Gasteiger partial charge in [-0.25, -0.2) is 0 Å². The first-order valence-corrected chi connectivity index (χ1v) is 6.86. The Morgan fingerprint density at radius 3 is 3.21 bits per heavy atom. The van der Waals surface area contributed by atoms with E-state index in [1.165, 1.54) is 17.4 Å². The number of ether oxygens (including phenoxy) is 2. The quantitative estimate of drug-likeness (QED) is 0.868. The molecule has 0 radical (unpaired) electrons. The summed E-state index contributed by atoms with van der Waals surface area (Å²) in [5.41, 5.74) is 2.48. The van der Waals surface area contributed by atoms with E-state index in [0.717, 1.165) is 37.3 Å². The monoisotopic (exact) mass is 260 g/mol. The molecule has 1 aromatic heterocycles. The number of hydrogen-bond acceptors (Lipinski definition) is 3. The highest BCUT2D eigenvalue weighted by Crippen LogP contribution is 2.23. The largest absolute Gasteiger partial charge is 0.497 e. The van der Waals surface area contributed by atoms with Crippen LogP contribution < -0.4 is 10.1 Å². The van der Waals surface area contributed by atoms with Gasteiger partial charge >= 0.3 is 0 Å². The second kappa shape index (κ2) is 5.63. The molecule has 1 saturated heterocycles. The van der Waals surface area contributed by atoms with E-state index >= 15 is 0 Å². The fraction of sp³-hybridized carbons (Fsp3) is 0.467. The zero-order valence-electron chi connectivity index (χ0n) is 11.2. The van der Waals surface area contributed by atoms with Gasteiger partial charge in [-0.1, -0.05) is 0 Å². The lowest BCUT2D eigenvalue weighted by molar-refractivity contribution is 0.0848. The number of benzene rings is 1. The predicted molar refractivity (Wildman–Crippen MR) is 75.5 cm³/mol. The summed E-state index contributed by atoms with van der Waals surface area (Å²) in [5.74, 6) is 0.903. The van der Waals surface area contributed by atoms with Crippen molar-refractivity contribution in [2.75, 3.05) is 20.3 Å². The Hall–Kier alpha value is -1.52. The van der Waals surface area contributed by atoms with Crippen LogP contribution in [0.4, 0.5) is 0 Å². The van der Waals surface area contributed by atoms with Crippen LogP contribution in [0.2, 0.25) is 0 Å². The van der Waals surface area contributed by atoms with Crippen molar-refractivity contribution in [1.82, 2.24) is 10.3 Å². The minimum absolute atomic E-state index is 0.250. The molecule has 3 rings (SSSR count). The lowest BCUT2D eigenvalue weighted by Crippen LogP contribution is -2.29. The zero-order valence-corrected chi connectivity index (χ0v) is 11.2. The average Bonchev–Trinajstić information content (AvgIpc) is 3.08. The highest BCUT2D eigenvalue weighted by molar-refractivity contribution is 5.84. The molecular formula is C15H20N2O2. The number of hydrogen-bond donors (Lipinski definition) is 2. The molecule has 0 aliphatic carbocycles. The van der Waals surface area contributed by atoms with Gasteiger partial charge in [-0.2, -0.15) is 0 Å². The minimum atomic E-state index is 0.250. The standard InChI is InChI=1S/C15H20N2O2/c1-18-12-4-5-14-13(9-12)11(10-17-14)6-7-16-15-3-2-8-19-15/h4-5,9-10,15-17H,2-3,6-8H2,1H3. The molecule has 102 valence electrons. The maximum atomic E-state index is 5.56. The van der Waals surface area contributed by atoms with Crippen molar-refractivity contribution in [3.63, 3.8) is 0 Å². The van der Waals surface area contributed by atoms with Crippen molar-refractivity contribution in [2.45, 2.75) is 25.5 Å². The minimum Gasteiger partial charge on any atom is -0.497 e. The average molecular weight is 260 g/mol. The van der Waals surface area contributed by atoms with Gasteiger partial charge in [0.1, 0.15) is 12.0 Å². The van der Waals surface area contributed by atoms with E-state index in [2.05, 4.69) is 28.6 Å². The Morgan fingerprint density at radius 2 is 2.42 bits per heavy atom. The molecule has 0 amide bonds. The molecule has 2 N–H and O–H groups in total. The highest BCUT2D eigenvalue weighted by atomic mass is 16.5. The van der Waals surface area contributed by atoms with Crippen molar-refractivity contribution in [1.29, 1.82) is 0 Å². The summed E-state index contributed by atoms with van der Waals surface area (Å²) in [7, 11) is 1.70. The van der Waals surface area contributed by atoms with E-state index in [1.54, 1.807) is 7.11 Å². The summed E-state index contributed by atoms with van der Waals surface area (Å²) in [6, 6.07) is 6.13. The summed E-state index contributed by atoms with van der Waals surface area (Å²) in [6.07, 6.45) is 5.62. The van der Waals surface area contributed by atoms with E-state index in [-0.39, 0.29) is 6.23 Å². The van der Waals surface area contributed by atoms with Gasteiger partial charge in [0.25, 0.3) is 0 Å². The number of aromatic nitrogens is 1. The van der Waals surface area contributed by atoms with Crippen molar-refractivity contribution in [2.24, 2.45) is 0 Å². The lowest BCUT2D eigenvalue weighted by Gasteiger charge is -2.11. The smallest absolute Gasteiger partial charge is 0.119 e. The number of fused-ring (bicyclic) bond motifs is 1. The Bertz CT molecular complexity index is 544. The molecule has 0 spiro atoms.